The third-order valence-corrected chi connectivity index (χ3v) is 4.12. The molecule has 1 aliphatic rings. The average Bonchev–Trinajstić information content (AvgIpc) is 2.71. The van der Waals surface area contributed by atoms with Gasteiger partial charge in [0.1, 0.15) is 5.82 Å². The molecule has 98 valence electrons. The van der Waals surface area contributed by atoms with E-state index < -0.39 is 0 Å². The zero-order valence-electron chi connectivity index (χ0n) is 10.9. The summed E-state index contributed by atoms with van der Waals surface area (Å²) in [5.41, 5.74) is 2.64. The Morgan fingerprint density at radius 3 is 2.89 bits per heavy atom. The second kappa shape index (κ2) is 4.86. The number of hydrogen-bond donors (Lipinski definition) is 0. The molecule has 2 aromatic rings. The Labute approximate surface area is 117 Å². The van der Waals surface area contributed by atoms with Crippen LogP contribution >= 0.6 is 11.6 Å². The molecule has 3 nitrogen and oxygen atoms in total. The van der Waals surface area contributed by atoms with Gasteiger partial charge < -0.3 is 4.57 Å². The normalized spacial score (nSPS) is 17.1. The Morgan fingerprint density at radius 2 is 2.32 bits per heavy atom. The standard InChI is InChI=1S/C15H16ClN3/c1-10(16)15-18-13-6-5-12(8-17)7-14(13)19(15)9-11-3-2-4-11/h5-7,10-11H,2-4,9H2,1H3. The molecule has 1 unspecified atom stereocenters. The molecule has 1 saturated carbocycles. The molecule has 0 saturated heterocycles. The van der Waals surface area contributed by atoms with E-state index in [0.29, 0.717) is 5.56 Å². The number of alkyl halides is 1. The Bertz CT molecular complexity index is 647. The van der Waals surface area contributed by atoms with Gasteiger partial charge in [-0.25, -0.2) is 4.98 Å². The molecule has 1 aromatic heterocycles. The van der Waals surface area contributed by atoms with Crippen molar-refractivity contribution in [2.75, 3.05) is 0 Å². The van der Waals surface area contributed by atoms with Gasteiger partial charge in [0, 0.05) is 6.54 Å². The van der Waals surface area contributed by atoms with Crippen molar-refractivity contribution in [1.82, 2.24) is 9.55 Å². The first-order valence-corrected chi connectivity index (χ1v) is 7.17. The Morgan fingerprint density at radius 1 is 1.53 bits per heavy atom. The Balaban J connectivity index is 2.12. The highest BCUT2D eigenvalue weighted by molar-refractivity contribution is 6.20. The lowest BCUT2D eigenvalue weighted by Gasteiger charge is -2.27. The van der Waals surface area contributed by atoms with Crippen LogP contribution in [-0.2, 0) is 6.54 Å². The Kier molecular flexibility index (Phi) is 3.20. The van der Waals surface area contributed by atoms with Crippen molar-refractivity contribution in [1.29, 1.82) is 5.26 Å². The maximum atomic E-state index is 9.04. The van der Waals surface area contributed by atoms with Crippen LogP contribution in [0.1, 0.15) is 43.0 Å². The summed E-state index contributed by atoms with van der Waals surface area (Å²) in [5, 5.41) is 8.92. The molecule has 1 aliphatic carbocycles. The van der Waals surface area contributed by atoms with Gasteiger partial charge >= 0.3 is 0 Å². The van der Waals surface area contributed by atoms with E-state index >= 15 is 0 Å². The van der Waals surface area contributed by atoms with Crippen molar-refractivity contribution in [2.24, 2.45) is 5.92 Å². The molecule has 0 aliphatic heterocycles. The van der Waals surface area contributed by atoms with E-state index in [0.717, 1.165) is 29.3 Å². The molecule has 3 rings (SSSR count). The summed E-state index contributed by atoms with van der Waals surface area (Å²) < 4.78 is 2.21. The van der Waals surface area contributed by atoms with Gasteiger partial charge in [-0.05, 0) is 43.9 Å². The predicted octanol–water partition coefficient (Wildman–Crippen LogP) is 4.01. The number of halogens is 1. The number of nitriles is 1. The van der Waals surface area contributed by atoms with E-state index in [1.165, 1.54) is 19.3 Å². The summed E-state index contributed by atoms with van der Waals surface area (Å²) in [6.45, 7) is 2.92. The minimum Gasteiger partial charge on any atom is -0.326 e. The van der Waals surface area contributed by atoms with Gasteiger partial charge in [-0.15, -0.1) is 11.6 Å². The highest BCUT2D eigenvalue weighted by Gasteiger charge is 2.22. The largest absolute Gasteiger partial charge is 0.326 e. The van der Waals surface area contributed by atoms with Crippen molar-refractivity contribution in [3.63, 3.8) is 0 Å². The Hall–Kier alpha value is -1.53. The summed E-state index contributed by atoms with van der Waals surface area (Å²) in [6.07, 6.45) is 3.90. The van der Waals surface area contributed by atoms with Crippen LogP contribution in [0, 0.1) is 17.2 Å². The fraction of sp³-hybridized carbons (Fsp3) is 0.467. The zero-order valence-corrected chi connectivity index (χ0v) is 11.7. The van der Waals surface area contributed by atoms with Crippen molar-refractivity contribution in [2.45, 2.75) is 38.1 Å². The molecule has 1 heterocycles. The van der Waals surface area contributed by atoms with Crippen LogP contribution in [0.3, 0.4) is 0 Å². The van der Waals surface area contributed by atoms with Crippen LogP contribution in [0.5, 0.6) is 0 Å². The van der Waals surface area contributed by atoms with Gasteiger partial charge in [-0.1, -0.05) is 6.42 Å². The predicted molar refractivity (Wildman–Crippen MR) is 76.1 cm³/mol. The van der Waals surface area contributed by atoms with Crippen LogP contribution in [0.2, 0.25) is 0 Å². The summed E-state index contributed by atoms with van der Waals surface area (Å²) in [5.74, 6) is 1.65. The van der Waals surface area contributed by atoms with Gasteiger partial charge in [0.05, 0.1) is 28.0 Å². The third kappa shape index (κ3) is 2.21. The van der Waals surface area contributed by atoms with Gasteiger partial charge in [-0.2, -0.15) is 5.26 Å². The SMILES string of the molecule is CC(Cl)c1nc2ccc(C#N)cc2n1CC1CCC1. The number of nitrogens with zero attached hydrogens (tertiary/aromatic N) is 3. The minimum absolute atomic E-state index is 0.113. The monoisotopic (exact) mass is 273 g/mol. The van der Waals surface area contributed by atoms with E-state index in [2.05, 4.69) is 15.6 Å². The molecule has 0 bridgehead atoms. The van der Waals surface area contributed by atoms with Gasteiger partial charge in [0.2, 0.25) is 0 Å². The second-order valence-electron chi connectivity index (χ2n) is 5.31. The number of benzene rings is 1. The maximum absolute atomic E-state index is 9.04. The number of hydrogen-bond acceptors (Lipinski definition) is 2. The number of aromatic nitrogens is 2. The molecule has 0 N–H and O–H groups in total. The number of fused-ring (bicyclic) bond motifs is 1. The summed E-state index contributed by atoms with van der Waals surface area (Å²) in [6, 6.07) is 7.83. The topological polar surface area (TPSA) is 41.6 Å². The van der Waals surface area contributed by atoms with E-state index in [1.54, 1.807) is 0 Å². The number of imidazole rings is 1. The van der Waals surface area contributed by atoms with Crippen molar-refractivity contribution in [3.05, 3.63) is 29.6 Å². The quantitative estimate of drug-likeness (QED) is 0.793. The van der Waals surface area contributed by atoms with Crippen molar-refractivity contribution < 1.29 is 0 Å². The molecular weight excluding hydrogens is 258 g/mol. The molecule has 4 heteroatoms. The fourth-order valence-corrected chi connectivity index (χ4v) is 2.81. The van der Waals surface area contributed by atoms with Crippen molar-refractivity contribution >= 4 is 22.6 Å². The minimum atomic E-state index is -0.113. The molecule has 0 radical (unpaired) electrons. The van der Waals surface area contributed by atoms with Crippen LogP contribution in [0.15, 0.2) is 18.2 Å². The van der Waals surface area contributed by atoms with Crippen LogP contribution < -0.4 is 0 Å². The highest BCUT2D eigenvalue weighted by Crippen LogP contribution is 2.32. The lowest BCUT2D eigenvalue weighted by Crippen LogP contribution is -2.19. The first-order valence-electron chi connectivity index (χ1n) is 6.73. The smallest absolute Gasteiger partial charge is 0.127 e. The van der Waals surface area contributed by atoms with E-state index in [4.69, 9.17) is 16.9 Å². The highest BCUT2D eigenvalue weighted by atomic mass is 35.5. The van der Waals surface area contributed by atoms with Crippen LogP contribution in [0.25, 0.3) is 11.0 Å². The second-order valence-corrected chi connectivity index (χ2v) is 5.96. The average molecular weight is 274 g/mol. The van der Waals surface area contributed by atoms with Crippen molar-refractivity contribution in [3.8, 4) is 6.07 Å². The van der Waals surface area contributed by atoms with Gasteiger partial charge in [0.25, 0.3) is 0 Å². The molecule has 0 amide bonds. The molecule has 19 heavy (non-hydrogen) atoms. The molecule has 0 spiro atoms. The summed E-state index contributed by atoms with van der Waals surface area (Å²) in [4.78, 5) is 4.62. The molecular formula is C15H16ClN3. The first-order chi connectivity index (χ1) is 9.19. The zero-order chi connectivity index (χ0) is 13.4. The maximum Gasteiger partial charge on any atom is 0.127 e. The van der Waals surface area contributed by atoms with E-state index in [9.17, 15) is 0 Å². The third-order valence-electron chi connectivity index (χ3n) is 3.93. The van der Waals surface area contributed by atoms with E-state index in [1.807, 2.05) is 25.1 Å². The summed E-state index contributed by atoms with van der Waals surface area (Å²) in [7, 11) is 0. The molecule has 1 fully saturated rings. The van der Waals surface area contributed by atoms with Crippen LogP contribution in [-0.4, -0.2) is 9.55 Å². The summed E-state index contributed by atoms with van der Waals surface area (Å²) >= 11 is 6.25. The molecule has 1 atom stereocenters. The van der Waals surface area contributed by atoms with Crippen LogP contribution in [0.4, 0.5) is 0 Å². The fourth-order valence-electron chi connectivity index (χ4n) is 2.64. The van der Waals surface area contributed by atoms with E-state index in [-0.39, 0.29) is 5.38 Å². The number of rotatable bonds is 3. The van der Waals surface area contributed by atoms with Gasteiger partial charge in [-0.3, -0.25) is 0 Å². The van der Waals surface area contributed by atoms with Gasteiger partial charge in [0.15, 0.2) is 0 Å². The first kappa shape index (κ1) is 12.5. The lowest BCUT2D eigenvalue weighted by atomic mass is 9.85. The molecule has 1 aromatic carbocycles. The lowest BCUT2D eigenvalue weighted by molar-refractivity contribution is 0.276.